The van der Waals surface area contributed by atoms with E-state index in [0.717, 1.165) is 55.1 Å². The molecular weight excluding hydrogens is 588 g/mol. The van der Waals surface area contributed by atoms with Gasteiger partial charge in [-0.25, -0.2) is 9.97 Å². The molecule has 0 saturated carbocycles. The summed E-state index contributed by atoms with van der Waals surface area (Å²) >= 11 is 6.80. The number of aryl methyl sites for hydroxylation is 2. The van der Waals surface area contributed by atoms with Crippen LogP contribution in [0.25, 0.3) is 11.1 Å². The molecule has 0 unspecified atom stereocenters. The Morgan fingerprint density at radius 3 is 2.49 bits per heavy atom. The predicted octanol–water partition coefficient (Wildman–Crippen LogP) is 4.45. The Morgan fingerprint density at radius 2 is 1.82 bits per heavy atom. The lowest BCUT2D eigenvalue weighted by Gasteiger charge is -2.32. The third-order valence-corrected chi connectivity index (χ3v) is 8.19. The van der Waals surface area contributed by atoms with Crippen LogP contribution in [-0.4, -0.2) is 79.4 Å². The molecular formula is C34H39ClN8O2. The maximum absolute atomic E-state index is 12.5. The van der Waals surface area contributed by atoms with Crippen LogP contribution < -0.4 is 11.1 Å². The lowest BCUT2D eigenvalue weighted by atomic mass is 9.90. The van der Waals surface area contributed by atoms with Gasteiger partial charge < -0.3 is 21.1 Å². The Morgan fingerprint density at radius 1 is 1.09 bits per heavy atom. The first-order chi connectivity index (χ1) is 21.4. The molecule has 0 spiro atoms. The minimum atomic E-state index is -0.762. The fourth-order valence-corrected chi connectivity index (χ4v) is 5.35. The smallest absolute Gasteiger partial charge is 0.249 e. The SMILES string of the molecule is Cc1ccc(C(N)=O)c(-c2ccc(CN3CCN(C)CC3)c(Cl)c2)c1C#Cc1cnc(Nc2cnn(CCC(C)(C)O)c2)nc1. The van der Waals surface area contributed by atoms with Crippen LogP contribution in [0.3, 0.4) is 0 Å². The van der Waals surface area contributed by atoms with Gasteiger partial charge in [0.2, 0.25) is 11.9 Å². The summed E-state index contributed by atoms with van der Waals surface area (Å²) in [6.45, 7) is 10.9. The van der Waals surface area contributed by atoms with Crippen LogP contribution in [0.4, 0.5) is 11.6 Å². The van der Waals surface area contributed by atoms with Crippen molar-refractivity contribution in [1.82, 2.24) is 29.5 Å². The number of piperazine rings is 1. The average Bonchev–Trinajstić information content (AvgIpc) is 3.45. The number of primary amides is 1. The first-order valence-corrected chi connectivity index (χ1v) is 15.3. The van der Waals surface area contributed by atoms with E-state index in [1.54, 1.807) is 43.2 Å². The van der Waals surface area contributed by atoms with E-state index in [9.17, 15) is 9.90 Å². The number of carbonyl (C=O) groups excluding carboxylic acids is 1. The molecule has 1 aliphatic rings. The van der Waals surface area contributed by atoms with Gasteiger partial charge in [0.1, 0.15) is 0 Å². The molecule has 4 N–H and O–H groups in total. The predicted molar refractivity (Wildman–Crippen MR) is 177 cm³/mol. The lowest BCUT2D eigenvalue weighted by molar-refractivity contribution is 0.0651. The summed E-state index contributed by atoms with van der Waals surface area (Å²) in [5.41, 5.74) is 10.9. The van der Waals surface area contributed by atoms with Crippen LogP contribution >= 0.6 is 11.6 Å². The molecule has 10 nitrogen and oxygen atoms in total. The summed E-state index contributed by atoms with van der Waals surface area (Å²) in [6, 6.07) is 9.50. The summed E-state index contributed by atoms with van der Waals surface area (Å²) in [5, 5.41) is 18.0. The quantitative estimate of drug-likeness (QED) is 0.233. The van der Waals surface area contributed by atoms with Crippen LogP contribution in [0.1, 0.15) is 52.9 Å². The molecule has 11 heteroatoms. The molecule has 0 bridgehead atoms. The number of rotatable bonds is 9. The number of amides is 1. The van der Waals surface area contributed by atoms with E-state index in [1.807, 2.05) is 37.4 Å². The molecule has 2 aromatic heterocycles. The molecule has 4 aromatic rings. The molecule has 1 amide bonds. The molecule has 0 atom stereocenters. The van der Waals surface area contributed by atoms with Crippen molar-refractivity contribution in [3.63, 3.8) is 0 Å². The van der Waals surface area contributed by atoms with Crippen LogP contribution in [0.15, 0.2) is 55.1 Å². The highest BCUT2D eigenvalue weighted by molar-refractivity contribution is 6.31. The second kappa shape index (κ2) is 13.8. The van der Waals surface area contributed by atoms with E-state index in [0.29, 0.717) is 46.2 Å². The normalized spacial score (nSPS) is 14.2. The summed E-state index contributed by atoms with van der Waals surface area (Å²) in [6.07, 6.45) is 7.37. The number of aliphatic hydroxyl groups is 1. The molecule has 3 heterocycles. The standard InChI is InChI=1S/C34H39ClN8O2/c1-23-5-9-29(32(36)44)31(25-7-8-26(30(35)17-25)21-42-15-13-41(4)14-16-42)28(23)10-6-24-18-37-33(38-19-24)40-27-20-39-43(22-27)12-11-34(2,3)45/h5,7-9,17-20,22,45H,11-16,21H2,1-4H3,(H2,36,44)(H,37,38,40). The van der Waals surface area contributed by atoms with Crippen molar-refractivity contribution in [2.45, 2.75) is 45.9 Å². The molecule has 0 aliphatic carbocycles. The van der Waals surface area contributed by atoms with Crippen molar-refractivity contribution >= 4 is 29.1 Å². The van der Waals surface area contributed by atoms with E-state index in [1.165, 1.54) is 0 Å². The van der Waals surface area contributed by atoms with Gasteiger partial charge in [0.25, 0.3) is 0 Å². The number of halogens is 1. The van der Waals surface area contributed by atoms with E-state index in [4.69, 9.17) is 17.3 Å². The molecule has 2 aromatic carbocycles. The van der Waals surface area contributed by atoms with Crippen molar-refractivity contribution in [2.24, 2.45) is 5.73 Å². The lowest BCUT2D eigenvalue weighted by Crippen LogP contribution is -2.43. The van der Waals surface area contributed by atoms with Gasteiger partial charge in [-0.3, -0.25) is 14.4 Å². The van der Waals surface area contributed by atoms with Crippen LogP contribution in [-0.2, 0) is 13.1 Å². The minimum absolute atomic E-state index is 0.381. The van der Waals surface area contributed by atoms with Crippen LogP contribution in [0.5, 0.6) is 0 Å². The second-order valence-electron chi connectivity index (χ2n) is 12.2. The van der Waals surface area contributed by atoms with E-state index in [-0.39, 0.29) is 0 Å². The zero-order valence-electron chi connectivity index (χ0n) is 26.1. The first kappa shape index (κ1) is 32.1. The Labute approximate surface area is 269 Å². The Balaban J connectivity index is 1.36. The van der Waals surface area contributed by atoms with Gasteiger partial charge in [-0.15, -0.1) is 0 Å². The number of likely N-dealkylation sites (N-methyl/N-ethyl adjacent to an activating group) is 1. The van der Waals surface area contributed by atoms with Crippen molar-refractivity contribution in [2.75, 3.05) is 38.5 Å². The first-order valence-electron chi connectivity index (χ1n) is 14.9. The number of benzene rings is 2. The van der Waals surface area contributed by atoms with E-state index < -0.39 is 11.5 Å². The zero-order valence-corrected chi connectivity index (χ0v) is 26.9. The number of anilines is 2. The number of carbonyl (C=O) groups is 1. The van der Waals surface area contributed by atoms with Crippen LogP contribution in [0.2, 0.25) is 5.02 Å². The Bertz CT molecular complexity index is 1730. The maximum Gasteiger partial charge on any atom is 0.249 e. The molecule has 45 heavy (non-hydrogen) atoms. The highest BCUT2D eigenvalue weighted by atomic mass is 35.5. The summed E-state index contributed by atoms with van der Waals surface area (Å²) in [7, 11) is 2.14. The fraction of sp³-hybridized carbons (Fsp3) is 0.353. The van der Waals surface area contributed by atoms with E-state index >= 15 is 0 Å². The fourth-order valence-electron chi connectivity index (χ4n) is 5.11. The monoisotopic (exact) mass is 626 g/mol. The summed E-state index contributed by atoms with van der Waals surface area (Å²) in [4.78, 5) is 26.1. The molecule has 1 aliphatic heterocycles. The summed E-state index contributed by atoms with van der Waals surface area (Å²) < 4.78 is 1.76. The number of nitrogens with zero attached hydrogens (tertiary/aromatic N) is 6. The number of hydrogen-bond acceptors (Lipinski definition) is 8. The van der Waals surface area contributed by atoms with Gasteiger partial charge in [-0.2, -0.15) is 5.10 Å². The molecule has 0 radical (unpaired) electrons. The Kier molecular flexibility index (Phi) is 9.85. The summed E-state index contributed by atoms with van der Waals surface area (Å²) in [5.74, 6) is 6.27. The van der Waals surface area contributed by atoms with Gasteiger partial charge in [0, 0.05) is 79.6 Å². The van der Waals surface area contributed by atoms with Gasteiger partial charge in [-0.05, 0) is 63.1 Å². The highest BCUT2D eigenvalue weighted by Gasteiger charge is 2.19. The number of nitrogens with one attached hydrogen (secondary N) is 1. The van der Waals surface area contributed by atoms with Crippen molar-refractivity contribution in [3.8, 4) is 23.0 Å². The second-order valence-corrected chi connectivity index (χ2v) is 12.6. The van der Waals surface area contributed by atoms with Crippen molar-refractivity contribution < 1.29 is 9.90 Å². The molecule has 234 valence electrons. The van der Waals surface area contributed by atoms with Crippen molar-refractivity contribution in [3.05, 3.63) is 88.0 Å². The topological polar surface area (TPSA) is 125 Å². The van der Waals surface area contributed by atoms with Gasteiger partial charge in [0.05, 0.1) is 23.0 Å². The third-order valence-electron chi connectivity index (χ3n) is 7.84. The van der Waals surface area contributed by atoms with Gasteiger partial charge in [0.15, 0.2) is 0 Å². The zero-order chi connectivity index (χ0) is 32.1. The molecule has 1 saturated heterocycles. The van der Waals surface area contributed by atoms with E-state index in [2.05, 4.69) is 49.1 Å². The largest absolute Gasteiger partial charge is 0.390 e. The number of hydrogen-bond donors (Lipinski definition) is 3. The van der Waals surface area contributed by atoms with Crippen molar-refractivity contribution in [1.29, 1.82) is 0 Å². The van der Waals surface area contributed by atoms with Gasteiger partial charge >= 0.3 is 0 Å². The third kappa shape index (κ3) is 8.47. The average molecular weight is 627 g/mol. The molecule has 1 fully saturated rings. The highest BCUT2D eigenvalue weighted by Crippen LogP contribution is 2.33. The number of aromatic nitrogens is 4. The minimum Gasteiger partial charge on any atom is -0.390 e. The van der Waals surface area contributed by atoms with Gasteiger partial charge in [-0.1, -0.05) is 41.6 Å². The molecule has 5 rings (SSSR count). The van der Waals surface area contributed by atoms with Crippen LogP contribution in [0, 0.1) is 18.8 Å². The number of nitrogens with two attached hydrogens (primary N) is 1. The maximum atomic E-state index is 12.5. The Hall–Kier alpha value is -4.27.